The normalized spacial score (nSPS) is 28.5. The molecule has 0 unspecified atom stereocenters. The number of amides is 1. The summed E-state index contributed by atoms with van der Waals surface area (Å²) in [5.41, 5.74) is 1.49. The maximum absolute atomic E-state index is 13.3. The molecule has 0 aliphatic heterocycles. The summed E-state index contributed by atoms with van der Waals surface area (Å²) in [6, 6.07) is 5.23. The summed E-state index contributed by atoms with van der Waals surface area (Å²) in [6.07, 6.45) is 6.98. The van der Waals surface area contributed by atoms with Crippen molar-refractivity contribution in [1.29, 1.82) is 0 Å². The zero-order chi connectivity index (χ0) is 21.8. The summed E-state index contributed by atoms with van der Waals surface area (Å²) >= 11 is 6.35. The summed E-state index contributed by atoms with van der Waals surface area (Å²) in [5.74, 6) is 1.97. The Morgan fingerprint density at radius 2 is 1.74 bits per heavy atom. The minimum atomic E-state index is -0.525. The molecular formula is C24H27ClN2O4. The zero-order valence-corrected chi connectivity index (χ0v) is 18.6. The van der Waals surface area contributed by atoms with Crippen molar-refractivity contribution in [2.75, 3.05) is 14.2 Å². The number of pyridine rings is 1. The Labute approximate surface area is 186 Å². The van der Waals surface area contributed by atoms with Gasteiger partial charge in [0.1, 0.15) is 5.56 Å². The van der Waals surface area contributed by atoms with Gasteiger partial charge in [0.05, 0.1) is 19.7 Å². The van der Waals surface area contributed by atoms with Crippen molar-refractivity contribution in [1.82, 2.24) is 10.3 Å². The van der Waals surface area contributed by atoms with Crippen LogP contribution in [0.3, 0.4) is 0 Å². The van der Waals surface area contributed by atoms with E-state index in [1.165, 1.54) is 33.5 Å². The van der Waals surface area contributed by atoms with Gasteiger partial charge in [0, 0.05) is 22.4 Å². The summed E-state index contributed by atoms with van der Waals surface area (Å²) in [7, 11) is 2.78. The van der Waals surface area contributed by atoms with Gasteiger partial charge < -0.3 is 14.8 Å². The molecule has 4 fully saturated rings. The van der Waals surface area contributed by atoms with Crippen LogP contribution < -0.4 is 10.1 Å². The van der Waals surface area contributed by atoms with Gasteiger partial charge >= 0.3 is 5.97 Å². The Kier molecular flexibility index (Phi) is 5.08. The molecule has 1 aromatic heterocycles. The molecule has 4 saturated carbocycles. The molecule has 6 rings (SSSR count). The highest BCUT2D eigenvalue weighted by atomic mass is 35.5. The second-order valence-electron chi connectivity index (χ2n) is 9.55. The van der Waals surface area contributed by atoms with Crippen LogP contribution in [-0.2, 0) is 16.1 Å². The van der Waals surface area contributed by atoms with Crippen molar-refractivity contribution in [2.45, 2.75) is 45.1 Å². The van der Waals surface area contributed by atoms with Gasteiger partial charge in [-0.2, -0.15) is 0 Å². The minimum Gasteiger partial charge on any atom is -0.480 e. The van der Waals surface area contributed by atoms with Crippen molar-refractivity contribution < 1.29 is 19.1 Å². The maximum atomic E-state index is 13.3. The molecule has 4 aliphatic carbocycles. The van der Waals surface area contributed by atoms with Crippen molar-refractivity contribution in [3.8, 4) is 5.88 Å². The van der Waals surface area contributed by atoms with E-state index in [1.807, 2.05) is 6.07 Å². The summed E-state index contributed by atoms with van der Waals surface area (Å²) < 4.78 is 10.2. The first-order chi connectivity index (χ1) is 14.9. The third-order valence-electron chi connectivity index (χ3n) is 7.48. The molecule has 2 aromatic rings. The molecule has 6 nitrogen and oxygen atoms in total. The Balaban J connectivity index is 1.42. The molecule has 4 bridgehead atoms. The lowest BCUT2D eigenvalue weighted by molar-refractivity contribution is -0.146. The number of nitrogens with zero attached hydrogens (tertiary/aromatic N) is 1. The molecule has 0 radical (unpaired) electrons. The van der Waals surface area contributed by atoms with Crippen LogP contribution >= 0.6 is 11.6 Å². The molecule has 7 heteroatoms. The maximum Gasteiger partial charge on any atom is 0.343 e. The van der Waals surface area contributed by atoms with E-state index < -0.39 is 5.97 Å². The third kappa shape index (κ3) is 3.55. The lowest BCUT2D eigenvalue weighted by Crippen LogP contribution is -2.53. The average Bonchev–Trinajstić information content (AvgIpc) is 2.74. The van der Waals surface area contributed by atoms with Crippen LogP contribution in [0.15, 0.2) is 18.2 Å². The van der Waals surface area contributed by atoms with Crippen LogP contribution in [0, 0.1) is 23.2 Å². The molecular weight excluding hydrogens is 416 g/mol. The summed E-state index contributed by atoms with van der Waals surface area (Å²) in [5, 5.41) is 4.42. The second-order valence-corrected chi connectivity index (χ2v) is 9.99. The first-order valence-corrected chi connectivity index (χ1v) is 11.3. The number of esters is 1. The van der Waals surface area contributed by atoms with Gasteiger partial charge in [0.25, 0.3) is 0 Å². The number of rotatable bonds is 5. The van der Waals surface area contributed by atoms with Gasteiger partial charge in [-0.25, -0.2) is 9.78 Å². The minimum absolute atomic E-state index is 0.165. The molecule has 1 heterocycles. The smallest absolute Gasteiger partial charge is 0.343 e. The predicted octanol–water partition coefficient (Wildman–Crippen LogP) is 4.52. The van der Waals surface area contributed by atoms with Crippen LogP contribution in [-0.4, -0.2) is 31.1 Å². The number of carbonyl (C=O) groups excluding carboxylic acids is 2. The number of hydrogen-bond donors (Lipinski definition) is 1. The first kappa shape index (κ1) is 20.6. The number of hydrogen-bond acceptors (Lipinski definition) is 5. The SMILES string of the molecule is COC(=O)c1cc2cc(Cl)cc(CNC(=O)C34CC5CC(CC(C5)C3)C4)c2nc1OC. The number of halogens is 1. The molecule has 1 amide bonds. The van der Waals surface area contributed by atoms with Gasteiger partial charge in [0.2, 0.25) is 11.8 Å². The molecule has 4 aliphatic rings. The topological polar surface area (TPSA) is 77.5 Å². The Hall–Kier alpha value is -2.34. The largest absolute Gasteiger partial charge is 0.480 e. The second kappa shape index (κ2) is 7.66. The van der Waals surface area contributed by atoms with Crippen LogP contribution in [0.25, 0.3) is 10.9 Å². The number of carbonyl (C=O) groups is 2. The number of benzene rings is 1. The summed E-state index contributed by atoms with van der Waals surface area (Å²) in [6.45, 7) is 0.339. The van der Waals surface area contributed by atoms with E-state index in [4.69, 9.17) is 21.1 Å². The van der Waals surface area contributed by atoms with Gasteiger partial charge in [-0.05, 0) is 80.0 Å². The van der Waals surface area contributed by atoms with Crippen LogP contribution in [0.1, 0.15) is 54.4 Å². The fourth-order valence-corrected chi connectivity index (χ4v) is 6.85. The number of aromatic nitrogens is 1. The highest BCUT2D eigenvalue weighted by Gasteiger charge is 2.54. The zero-order valence-electron chi connectivity index (χ0n) is 17.9. The van der Waals surface area contributed by atoms with E-state index in [2.05, 4.69) is 10.3 Å². The van der Waals surface area contributed by atoms with E-state index in [0.717, 1.165) is 24.8 Å². The molecule has 0 spiro atoms. The molecule has 1 aromatic carbocycles. The van der Waals surface area contributed by atoms with E-state index in [-0.39, 0.29) is 22.8 Å². The highest BCUT2D eigenvalue weighted by molar-refractivity contribution is 6.31. The Morgan fingerprint density at radius 3 is 2.32 bits per heavy atom. The Morgan fingerprint density at radius 1 is 1.10 bits per heavy atom. The monoisotopic (exact) mass is 442 g/mol. The van der Waals surface area contributed by atoms with Crippen LogP contribution in [0.2, 0.25) is 5.02 Å². The average molecular weight is 443 g/mol. The lowest BCUT2D eigenvalue weighted by Gasteiger charge is -2.55. The fraction of sp³-hybridized carbons (Fsp3) is 0.542. The first-order valence-electron chi connectivity index (χ1n) is 10.9. The summed E-state index contributed by atoms with van der Waals surface area (Å²) in [4.78, 5) is 30.0. The van der Waals surface area contributed by atoms with Crippen molar-refractivity contribution >= 4 is 34.4 Å². The van der Waals surface area contributed by atoms with Gasteiger partial charge in [-0.15, -0.1) is 0 Å². The number of methoxy groups -OCH3 is 2. The molecule has 31 heavy (non-hydrogen) atoms. The van der Waals surface area contributed by atoms with Crippen molar-refractivity contribution in [2.24, 2.45) is 23.2 Å². The number of ether oxygens (including phenoxy) is 2. The van der Waals surface area contributed by atoms with E-state index in [1.54, 1.807) is 12.1 Å². The van der Waals surface area contributed by atoms with Crippen molar-refractivity contribution in [3.63, 3.8) is 0 Å². The quantitative estimate of drug-likeness (QED) is 0.689. The fourth-order valence-electron chi connectivity index (χ4n) is 6.60. The molecule has 0 atom stereocenters. The standard InChI is InChI=1S/C24H27ClN2O4/c1-30-21-19(22(28)31-2)8-16-6-18(25)7-17(20(16)27-21)12-26-23(29)24-9-13-3-14(10-24)5-15(4-13)11-24/h6-8,13-15H,3-5,9-12H2,1-2H3,(H,26,29). The Bertz CT molecular complexity index is 1030. The third-order valence-corrected chi connectivity index (χ3v) is 7.70. The highest BCUT2D eigenvalue weighted by Crippen LogP contribution is 2.60. The van der Waals surface area contributed by atoms with Gasteiger partial charge in [-0.1, -0.05) is 11.6 Å². The molecule has 164 valence electrons. The molecule has 1 N–H and O–H groups in total. The lowest BCUT2D eigenvalue weighted by atomic mass is 9.49. The van der Waals surface area contributed by atoms with E-state index in [9.17, 15) is 9.59 Å². The van der Waals surface area contributed by atoms with E-state index in [0.29, 0.717) is 40.2 Å². The number of fused-ring (bicyclic) bond motifs is 1. The van der Waals surface area contributed by atoms with Crippen LogP contribution in [0.5, 0.6) is 5.88 Å². The van der Waals surface area contributed by atoms with Crippen LogP contribution in [0.4, 0.5) is 0 Å². The van der Waals surface area contributed by atoms with Gasteiger partial charge in [-0.3, -0.25) is 4.79 Å². The van der Waals surface area contributed by atoms with Crippen molar-refractivity contribution in [3.05, 3.63) is 34.3 Å². The van der Waals surface area contributed by atoms with E-state index >= 15 is 0 Å². The molecule has 0 saturated heterocycles. The number of nitrogens with one attached hydrogen (secondary N) is 1. The van der Waals surface area contributed by atoms with Gasteiger partial charge in [0.15, 0.2) is 0 Å². The predicted molar refractivity (Wildman–Crippen MR) is 117 cm³/mol.